The minimum Gasteiger partial charge on any atom is -0.255 e. The van der Waals surface area contributed by atoms with Crippen molar-refractivity contribution in [3.05, 3.63) is 100 Å². The van der Waals surface area contributed by atoms with Crippen LogP contribution in [0.4, 0.5) is 43.9 Å². The first-order chi connectivity index (χ1) is 16.7. The van der Waals surface area contributed by atoms with Gasteiger partial charge in [-0.1, -0.05) is 31.5 Å². The zero-order chi connectivity index (χ0) is 27.2. The van der Waals surface area contributed by atoms with E-state index in [1.807, 2.05) is 6.92 Å². The zero-order valence-corrected chi connectivity index (χ0v) is 18.3. The Morgan fingerprint density at radius 1 is 0.806 bits per heavy atom. The number of hydrogen-bond acceptors (Lipinski definition) is 1. The molecule has 0 unspecified atom stereocenters. The van der Waals surface area contributed by atoms with Crippen LogP contribution in [0.3, 0.4) is 0 Å². The molecule has 0 heterocycles. The summed E-state index contributed by atoms with van der Waals surface area (Å²) in [5, 5.41) is 0. The van der Waals surface area contributed by atoms with Gasteiger partial charge in [0.1, 0.15) is 17.5 Å². The van der Waals surface area contributed by atoms with Gasteiger partial charge in [-0.3, -0.25) is 4.79 Å². The van der Waals surface area contributed by atoms with Crippen molar-refractivity contribution >= 4 is 11.9 Å². The van der Waals surface area contributed by atoms with Gasteiger partial charge in [-0.2, -0.15) is 17.6 Å². The average molecular weight is 522 g/mol. The summed E-state index contributed by atoms with van der Waals surface area (Å²) < 4.78 is 128. The standard InChI is InChI=1S/C16H7F7O.C9H9F3/c17-12-6-9(15(20)24)2-3-10(12)8-1-4-11(13(18)5-8)14(19)7-16(21,22)23;1-2-3-6-4-5-7(10)9(12)8(6)11/h1-7H;4-5H,2-3H2,1H3/b14-7-;. The fourth-order valence-corrected chi connectivity index (χ4v) is 3.00. The Morgan fingerprint density at radius 3 is 2.00 bits per heavy atom. The van der Waals surface area contributed by atoms with E-state index in [1.165, 1.54) is 6.07 Å². The number of carbonyl (C=O) groups excluding carboxylic acids is 1. The van der Waals surface area contributed by atoms with Crippen molar-refractivity contribution in [3.8, 4) is 11.1 Å². The lowest BCUT2D eigenvalue weighted by atomic mass is 10.0. The molecule has 3 rings (SSSR count). The third-order valence-electron chi connectivity index (χ3n) is 4.66. The van der Waals surface area contributed by atoms with Crippen molar-refractivity contribution in [2.24, 2.45) is 0 Å². The van der Waals surface area contributed by atoms with Gasteiger partial charge in [0.05, 0.1) is 11.6 Å². The molecule has 0 aliphatic heterocycles. The minimum absolute atomic E-state index is 0.119. The van der Waals surface area contributed by atoms with Crippen molar-refractivity contribution in [1.29, 1.82) is 0 Å². The molecule has 3 aromatic carbocycles. The van der Waals surface area contributed by atoms with Crippen LogP contribution in [0.15, 0.2) is 54.6 Å². The Morgan fingerprint density at radius 2 is 1.47 bits per heavy atom. The Hall–Kier alpha value is -3.63. The van der Waals surface area contributed by atoms with Gasteiger partial charge >= 0.3 is 12.2 Å². The molecule has 0 N–H and O–H groups in total. The van der Waals surface area contributed by atoms with Crippen LogP contribution < -0.4 is 0 Å². The van der Waals surface area contributed by atoms with Crippen LogP contribution in [-0.2, 0) is 6.42 Å². The number of aryl methyl sites for hydroxylation is 1. The summed E-state index contributed by atoms with van der Waals surface area (Å²) >= 11 is 0. The third-order valence-corrected chi connectivity index (χ3v) is 4.66. The largest absolute Gasteiger partial charge is 0.412 e. The van der Waals surface area contributed by atoms with Crippen molar-refractivity contribution in [3.63, 3.8) is 0 Å². The lowest BCUT2D eigenvalue weighted by Gasteiger charge is -2.08. The van der Waals surface area contributed by atoms with Crippen LogP contribution in [0, 0.1) is 29.1 Å². The minimum atomic E-state index is -4.96. The van der Waals surface area contributed by atoms with E-state index in [4.69, 9.17) is 0 Å². The van der Waals surface area contributed by atoms with Crippen LogP contribution in [-0.4, -0.2) is 12.2 Å². The lowest BCUT2D eigenvalue weighted by molar-refractivity contribution is -0.0798. The second kappa shape index (κ2) is 11.9. The average Bonchev–Trinajstić information content (AvgIpc) is 2.78. The van der Waals surface area contributed by atoms with Gasteiger partial charge in [0, 0.05) is 11.1 Å². The van der Waals surface area contributed by atoms with Gasteiger partial charge in [-0.15, -0.1) is 0 Å². The summed E-state index contributed by atoms with van der Waals surface area (Å²) in [6.07, 6.45) is -4.52. The molecule has 0 spiro atoms. The number of halogens is 10. The molecule has 0 fully saturated rings. The topological polar surface area (TPSA) is 17.1 Å². The highest BCUT2D eigenvalue weighted by Crippen LogP contribution is 2.30. The van der Waals surface area contributed by atoms with E-state index in [1.54, 1.807) is 0 Å². The number of benzene rings is 3. The van der Waals surface area contributed by atoms with Crippen LogP contribution >= 0.6 is 0 Å². The SMILES string of the molecule is CCCc1ccc(F)c(F)c1F.O=C(F)c1ccc(-c2ccc(/C(F)=C/C(F)(F)F)c(F)c2)c(F)c1. The maximum Gasteiger partial charge on any atom is 0.412 e. The summed E-state index contributed by atoms with van der Waals surface area (Å²) in [5.41, 5.74) is -1.60. The third kappa shape index (κ3) is 7.43. The molecule has 36 heavy (non-hydrogen) atoms. The van der Waals surface area contributed by atoms with E-state index in [-0.39, 0.29) is 16.7 Å². The van der Waals surface area contributed by atoms with Crippen molar-refractivity contribution in [2.45, 2.75) is 25.9 Å². The van der Waals surface area contributed by atoms with Crippen LogP contribution in [0.1, 0.15) is 34.8 Å². The summed E-state index contributed by atoms with van der Waals surface area (Å²) in [5.74, 6) is -7.77. The monoisotopic (exact) mass is 522 g/mol. The predicted molar refractivity (Wildman–Crippen MR) is 113 cm³/mol. The summed E-state index contributed by atoms with van der Waals surface area (Å²) in [6.45, 7) is 1.85. The Labute approximate surface area is 198 Å². The molecule has 1 nitrogen and oxygen atoms in total. The zero-order valence-electron chi connectivity index (χ0n) is 18.3. The van der Waals surface area contributed by atoms with E-state index in [0.717, 1.165) is 30.3 Å². The summed E-state index contributed by atoms with van der Waals surface area (Å²) in [6, 6.07) is 5.26. The van der Waals surface area contributed by atoms with Crippen molar-refractivity contribution in [1.82, 2.24) is 0 Å². The summed E-state index contributed by atoms with van der Waals surface area (Å²) in [7, 11) is 0. The van der Waals surface area contributed by atoms with Gasteiger partial charge in [0.25, 0.3) is 0 Å². The first-order valence-electron chi connectivity index (χ1n) is 10.1. The van der Waals surface area contributed by atoms with E-state index in [9.17, 15) is 48.7 Å². The number of hydrogen-bond donors (Lipinski definition) is 0. The molecular weight excluding hydrogens is 506 g/mol. The highest BCUT2D eigenvalue weighted by molar-refractivity contribution is 5.89. The number of allylic oxidation sites excluding steroid dienone is 1. The van der Waals surface area contributed by atoms with Gasteiger partial charge in [0.15, 0.2) is 17.5 Å². The number of carbonyl (C=O) groups is 1. The molecule has 0 bridgehead atoms. The van der Waals surface area contributed by atoms with Crippen molar-refractivity contribution in [2.75, 3.05) is 0 Å². The van der Waals surface area contributed by atoms with Crippen LogP contribution in [0.2, 0.25) is 0 Å². The summed E-state index contributed by atoms with van der Waals surface area (Å²) in [4.78, 5) is 10.5. The Balaban J connectivity index is 0.000000319. The molecule has 0 aromatic heterocycles. The molecule has 0 amide bonds. The van der Waals surface area contributed by atoms with E-state index >= 15 is 0 Å². The number of alkyl halides is 3. The second-order valence-electron chi connectivity index (χ2n) is 7.28. The lowest BCUT2D eigenvalue weighted by Crippen LogP contribution is -2.02. The van der Waals surface area contributed by atoms with Gasteiger partial charge < -0.3 is 0 Å². The quantitative estimate of drug-likeness (QED) is 0.186. The maximum atomic E-state index is 13.8. The maximum absolute atomic E-state index is 13.8. The van der Waals surface area contributed by atoms with Crippen molar-refractivity contribution < 1.29 is 48.7 Å². The predicted octanol–water partition coefficient (Wildman–Crippen LogP) is 8.67. The molecule has 0 saturated carbocycles. The normalized spacial score (nSPS) is 11.7. The van der Waals surface area contributed by atoms with Gasteiger partial charge in [-0.05, 0) is 47.9 Å². The smallest absolute Gasteiger partial charge is 0.255 e. The Kier molecular flexibility index (Phi) is 9.43. The second-order valence-corrected chi connectivity index (χ2v) is 7.28. The van der Waals surface area contributed by atoms with E-state index in [0.29, 0.717) is 25.0 Å². The highest BCUT2D eigenvalue weighted by Gasteiger charge is 2.26. The van der Waals surface area contributed by atoms with Crippen LogP contribution in [0.5, 0.6) is 0 Å². The first kappa shape index (κ1) is 28.6. The molecular formula is C25H16F10O. The van der Waals surface area contributed by atoms with Crippen LogP contribution in [0.25, 0.3) is 17.0 Å². The number of rotatable bonds is 5. The van der Waals surface area contributed by atoms with E-state index in [2.05, 4.69) is 0 Å². The highest BCUT2D eigenvalue weighted by atomic mass is 19.4. The van der Waals surface area contributed by atoms with E-state index < -0.39 is 64.3 Å². The molecule has 0 saturated heterocycles. The molecule has 0 aliphatic rings. The molecule has 0 aliphatic carbocycles. The fraction of sp³-hybridized carbons (Fsp3) is 0.160. The van der Waals surface area contributed by atoms with Gasteiger partial charge in [0.2, 0.25) is 0 Å². The van der Waals surface area contributed by atoms with Gasteiger partial charge in [-0.25, -0.2) is 26.3 Å². The molecule has 11 heteroatoms. The molecule has 3 aromatic rings. The molecule has 0 radical (unpaired) electrons. The Bertz CT molecular complexity index is 1280. The molecule has 192 valence electrons. The fourth-order valence-electron chi connectivity index (χ4n) is 3.00. The first-order valence-corrected chi connectivity index (χ1v) is 10.1. The molecule has 0 atom stereocenters.